The maximum atomic E-state index is 10.9. The second-order valence-electron chi connectivity index (χ2n) is 4.92. The van der Waals surface area contributed by atoms with E-state index in [1.807, 2.05) is 30.0 Å². The van der Waals surface area contributed by atoms with E-state index in [2.05, 4.69) is 9.98 Å². The summed E-state index contributed by atoms with van der Waals surface area (Å²) in [5, 5.41) is 10.9. The van der Waals surface area contributed by atoms with Crippen molar-refractivity contribution in [2.45, 2.75) is 6.92 Å². The van der Waals surface area contributed by atoms with Gasteiger partial charge in [-0.1, -0.05) is 0 Å². The van der Waals surface area contributed by atoms with Crippen molar-refractivity contribution in [2.75, 3.05) is 11.6 Å². The lowest BCUT2D eigenvalue weighted by Crippen LogP contribution is -2.25. The molecule has 0 amide bonds. The molecule has 0 radical (unpaired) electrons. The molecule has 1 aliphatic heterocycles. The van der Waals surface area contributed by atoms with Crippen LogP contribution in [0, 0.1) is 17.0 Å². The van der Waals surface area contributed by atoms with E-state index in [9.17, 15) is 10.1 Å². The van der Waals surface area contributed by atoms with Crippen molar-refractivity contribution in [3.8, 4) is 0 Å². The molecule has 2 aromatic rings. The van der Waals surface area contributed by atoms with Crippen molar-refractivity contribution < 1.29 is 4.92 Å². The van der Waals surface area contributed by atoms with E-state index in [4.69, 9.17) is 0 Å². The van der Waals surface area contributed by atoms with Crippen LogP contribution in [-0.4, -0.2) is 22.8 Å². The van der Waals surface area contributed by atoms with Crippen molar-refractivity contribution in [3.63, 3.8) is 0 Å². The summed E-state index contributed by atoms with van der Waals surface area (Å²) >= 11 is 0. The normalized spacial score (nSPS) is 13.9. The van der Waals surface area contributed by atoms with Gasteiger partial charge < -0.3 is 4.90 Å². The number of nitro benzene ring substituents is 1. The molecule has 0 bridgehead atoms. The lowest BCUT2D eigenvalue weighted by Gasteiger charge is -2.29. The van der Waals surface area contributed by atoms with E-state index in [-0.39, 0.29) is 10.6 Å². The Morgan fingerprint density at radius 2 is 2.18 bits per heavy atom. The number of rotatable bonds is 3. The SMILES string of the molecule is Cc1cc([N+](=O)[O-])ccc1N1CN=CC=C1c1cccnc1. The number of pyridine rings is 1. The third-order valence-corrected chi connectivity index (χ3v) is 3.49. The molecule has 6 heteroatoms. The van der Waals surface area contributed by atoms with Gasteiger partial charge in [-0.3, -0.25) is 20.1 Å². The van der Waals surface area contributed by atoms with E-state index in [0.29, 0.717) is 6.67 Å². The molecule has 1 aromatic carbocycles. The number of aliphatic imine (C=N–C) groups is 1. The van der Waals surface area contributed by atoms with Crippen molar-refractivity contribution in [1.29, 1.82) is 0 Å². The molecule has 0 N–H and O–H groups in total. The molecule has 0 unspecified atom stereocenters. The van der Waals surface area contributed by atoms with Crippen LogP contribution in [0.4, 0.5) is 11.4 Å². The Hall–Kier alpha value is -3.02. The van der Waals surface area contributed by atoms with Gasteiger partial charge in [-0.15, -0.1) is 0 Å². The molecular formula is C16H14N4O2. The molecule has 0 atom stereocenters. The number of anilines is 1. The number of nitro groups is 1. The number of hydrogen-bond donors (Lipinski definition) is 0. The van der Waals surface area contributed by atoms with Crippen LogP contribution < -0.4 is 4.90 Å². The standard InChI is InChI=1S/C16H14N4O2/c1-12-9-14(20(21)22)4-5-15(12)19-11-18-8-6-16(19)13-3-2-7-17-10-13/h2-10H,11H2,1H3. The first-order chi connectivity index (χ1) is 10.7. The molecule has 1 aliphatic rings. The smallest absolute Gasteiger partial charge is 0.269 e. The summed E-state index contributed by atoms with van der Waals surface area (Å²) in [4.78, 5) is 20.9. The van der Waals surface area contributed by atoms with Gasteiger partial charge in [-0.05, 0) is 36.8 Å². The van der Waals surface area contributed by atoms with E-state index in [0.717, 1.165) is 22.5 Å². The maximum absolute atomic E-state index is 10.9. The monoisotopic (exact) mass is 294 g/mol. The van der Waals surface area contributed by atoms with Crippen LogP contribution in [0.2, 0.25) is 0 Å². The molecular weight excluding hydrogens is 280 g/mol. The van der Waals surface area contributed by atoms with Crippen LogP contribution in [0.3, 0.4) is 0 Å². The minimum absolute atomic E-state index is 0.0914. The van der Waals surface area contributed by atoms with Crippen LogP contribution in [0.1, 0.15) is 11.1 Å². The molecule has 6 nitrogen and oxygen atoms in total. The zero-order valence-corrected chi connectivity index (χ0v) is 12.0. The number of non-ortho nitro benzene ring substituents is 1. The first kappa shape index (κ1) is 13.9. The molecule has 0 spiro atoms. The highest BCUT2D eigenvalue weighted by Crippen LogP contribution is 2.31. The van der Waals surface area contributed by atoms with Gasteiger partial charge in [0.2, 0.25) is 0 Å². The third-order valence-electron chi connectivity index (χ3n) is 3.49. The Balaban J connectivity index is 2.02. The van der Waals surface area contributed by atoms with Crippen LogP contribution in [0.5, 0.6) is 0 Å². The molecule has 0 aliphatic carbocycles. The number of allylic oxidation sites excluding steroid dienone is 1. The van der Waals surface area contributed by atoms with Gasteiger partial charge in [0.05, 0.1) is 10.6 Å². The Morgan fingerprint density at radius 1 is 1.32 bits per heavy atom. The molecule has 3 rings (SSSR count). The van der Waals surface area contributed by atoms with E-state index < -0.39 is 0 Å². The summed E-state index contributed by atoms with van der Waals surface area (Å²) in [6.07, 6.45) is 7.20. The summed E-state index contributed by atoms with van der Waals surface area (Å²) in [5.74, 6) is 0. The largest absolute Gasteiger partial charge is 0.320 e. The molecule has 2 heterocycles. The van der Waals surface area contributed by atoms with Gasteiger partial charge in [0.15, 0.2) is 0 Å². The summed E-state index contributed by atoms with van der Waals surface area (Å²) in [5.41, 5.74) is 3.78. The molecule has 22 heavy (non-hydrogen) atoms. The van der Waals surface area contributed by atoms with Crippen molar-refractivity contribution >= 4 is 23.3 Å². The molecule has 1 aromatic heterocycles. The number of aromatic nitrogens is 1. The van der Waals surface area contributed by atoms with Crippen molar-refractivity contribution in [3.05, 3.63) is 70.0 Å². The van der Waals surface area contributed by atoms with Crippen LogP contribution in [-0.2, 0) is 0 Å². The lowest BCUT2D eigenvalue weighted by atomic mass is 10.1. The summed E-state index contributed by atoms with van der Waals surface area (Å²) in [7, 11) is 0. The number of benzene rings is 1. The second-order valence-corrected chi connectivity index (χ2v) is 4.92. The molecule has 110 valence electrons. The lowest BCUT2D eigenvalue weighted by molar-refractivity contribution is -0.384. The predicted octanol–water partition coefficient (Wildman–Crippen LogP) is 3.19. The fourth-order valence-corrected chi connectivity index (χ4v) is 2.45. The van der Waals surface area contributed by atoms with Crippen LogP contribution in [0.25, 0.3) is 5.70 Å². The summed E-state index contributed by atoms with van der Waals surface area (Å²) in [6.45, 7) is 2.33. The predicted molar refractivity (Wildman–Crippen MR) is 85.9 cm³/mol. The van der Waals surface area contributed by atoms with Crippen LogP contribution in [0.15, 0.2) is 53.8 Å². The van der Waals surface area contributed by atoms with E-state index in [1.165, 1.54) is 6.07 Å². The first-order valence-electron chi connectivity index (χ1n) is 6.80. The van der Waals surface area contributed by atoms with E-state index in [1.54, 1.807) is 30.7 Å². The highest BCUT2D eigenvalue weighted by molar-refractivity contribution is 5.92. The Bertz CT molecular complexity index is 769. The van der Waals surface area contributed by atoms with Gasteiger partial charge in [0, 0.05) is 42.0 Å². The summed E-state index contributed by atoms with van der Waals surface area (Å²) in [6, 6.07) is 8.71. The highest BCUT2D eigenvalue weighted by atomic mass is 16.6. The number of aryl methyl sites for hydroxylation is 1. The number of hydrogen-bond acceptors (Lipinski definition) is 5. The highest BCUT2D eigenvalue weighted by Gasteiger charge is 2.19. The molecule has 0 saturated carbocycles. The topological polar surface area (TPSA) is 71.6 Å². The summed E-state index contributed by atoms with van der Waals surface area (Å²) < 4.78 is 0. The zero-order chi connectivity index (χ0) is 15.5. The maximum Gasteiger partial charge on any atom is 0.269 e. The zero-order valence-electron chi connectivity index (χ0n) is 12.0. The van der Waals surface area contributed by atoms with Gasteiger partial charge >= 0.3 is 0 Å². The minimum Gasteiger partial charge on any atom is -0.320 e. The molecule has 0 fully saturated rings. The average Bonchev–Trinajstić information content (AvgIpc) is 2.55. The van der Waals surface area contributed by atoms with Gasteiger partial charge in [-0.25, -0.2) is 0 Å². The quantitative estimate of drug-likeness (QED) is 0.644. The van der Waals surface area contributed by atoms with Gasteiger partial charge in [-0.2, -0.15) is 0 Å². The van der Waals surface area contributed by atoms with Crippen LogP contribution >= 0.6 is 0 Å². The third kappa shape index (κ3) is 2.58. The van der Waals surface area contributed by atoms with Gasteiger partial charge in [0.1, 0.15) is 6.67 Å². The fourth-order valence-electron chi connectivity index (χ4n) is 2.45. The van der Waals surface area contributed by atoms with E-state index >= 15 is 0 Å². The Morgan fingerprint density at radius 3 is 2.86 bits per heavy atom. The first-order valence-corrected chi connectivity index (χ1v) is 6.80. The molecule has 0 saturated heterocycles. The second kappa shape index (κ2) is 5.77. The average molecular weight is 294 g/mol. The minimum atomic E-state index is -0.386. The Kier molecular flexibility index (Phi) is 3.65. The van der Waals surface area contributed by atoms with Crippen molar-refractivity contribution in [2.24, 2.45) is 4.99 Å². The number of nitrogens with zero attached hydrogens (tertiary/aromatic N) is 4. The van der Waals surface area contributed by atoms with Gasteiger partial charge in [0.25, 0.3) is 5.69 Å². The van der Waals surface area contributed by atoms with Crippen molar-refractivity contribution in [1.82, 2.24) is 4.98 Å². The fraction of sp³-hybridized carbons (Fsp3) is 0.125. The Labute approximate surface area is 127 Å².